The summed E-state index contributed by atoms with van der Waals surface area (Å²) in [6, 6.07) is 8.67. The van der Waals surface area contributed by atoms with Gasteiger partial charge in [0.05, 0.1) is 16.4 Å². The average molecular weight is 426 g/mol. The molecule has 27 heavy (non-hydrogen) atoms. The lowest BCUT2D eigenvalue weighted by molar-refractivity contribution is -0.134. The van der Waals surface area contributed by atoms with Gasteiger partial charge in [-0.3, -0.25) is 4.79 Å². The summed E-state index contributed by atoms with van der Waals surface area (Å²) in [6.07, 6.45) is 0.791. The second kappa shape index (κ2) is 9.21. The maximum atomic E-state index is 12.6. The third-order valence-electron chi connectivity index (χ3n) is 3.62. The summed E-state index contributed by atoms with van der Waals surface area (Å²) in [5.74, 6) is 1.04. The van der Waals surface area contributed by atoms with Gasteiger partial charge in [-0.05, 0) is 36.1 Å². The fourth-order valence-electron chi connectivity index (χ4n) is 2.37. The quantitative estimate of drug-likeness (QED) is 0.511. The topological polar surface area (TPSA) is 68.5 Å². The van der Waals surface area contributed by atoms with Gasteiger partial charge in [-0.1, -0.05) is 36.2 Å². The van der Waals surface area contributed by atoms with Gasteiger partial charge < -0.3 is 14.1 Å². The molecule has 0 aliphatic heterocycles. The summed E-state index contributed by atoms with van der Waals surface area (Å²) < 4.78 is 11.2. The Bertz CT molecular complexity index is 899. The van der Waals surface area contributed by atoms with Crippen LogP contribution >= 0.6 is 34.5 Å². The van der Waals surface area contributed by atoms with E-state index < -0.39 is 0 Å². The van der Waals surface area contributed by atoms with E-state index in [2.05, 4.69) is 10.2 Å². The van der Waals surface area contributed by atoms with E-state index in [0.29, 0.717) is 34.1 Å². The highest BCUT2D eigenvalue weighted by Crippen LogP contribution is 2.27. The average Bonchev–Trinajstić information content (AvgIpc) is 3.32. The van der Waals surface area contributed by atoms with Crippen LogP contribution in [0.2, 0.25) is 10.0 Å². The van der Waals surface area contributed by atoms with Crippen LogP contribution in [0.5, 0.6) is 5.75 Å². The Labute approximate surface area is 170 Å². The van der Waals surface area contributed by atoms with Crippen LogP contribution in [0.4, 0.5) is 0 Å². The summed E-state index contributed by atoms with van der Waals surface area (Å²) in [4.78, 5) is 15.1. The summed E-state index contributed by atoms with van der Waals surface area (Å²) in [6.45, 7) is 2.62. The summed E-state index contributed by atoms with van der Waals surface area (Å²) in [5, 5.41) is 10.9. The van der Waals surface area contributed by atoms with Crippen LogP contribution in [0.25, 0.3) is 10.8 Å². The molecule has 2 aromatic heterocycles. The molecule has 0 saturated heterocycles. The first-order chi connectivity index (χ1) is 13.1. The minimum Gasteiger partial charge on any atom is -0.482 e. The number of amides is 1. The normalized spacial score (nSPS) is 10.8. The number of rotatable bonds is 8. The van der Waals surface area contributed by atoms with Crippen LogP contribution in [0, 0.1) is 0 Å². The van der Waals surface area contributed by atoms with Crippen molar-refractivity contribution in [1.29, 1.82) is 0 Å². The molecule has 0 atom stereocenters. The second-order valence-electron chi connectivity index (χ2n) is 5.66. The molecule has 1 amide bonds. The zero-order valence-corrected chi connectivity index (χ0v) is 16.9. The highest BCUT2D eigenvalue weighted by Gasteiger charge is 2.18. The van der Waals surface area contributed by atoms with Crippen LogP contribution in [0.3, 0.4) is 0 Å². The maximum Gasteiger partial charge on any atom is 0.260 e. The van der Waals surface area contributed by atoms with Crippen molar-refractivity contribution >= 4 is 40.4 Å². The van der Waals surface area contributed by atoms with E-state index in [1.807, 2.05) is 24.4 Å². The van der Waals surface area contributed by atoms with Crippen molar-refractivity contribution in [1.82, 2.24) is 15.1 Å². The Kier molecular flexibility index (Phi) is 6.71. The van der Waals surface area contributed by atoms with Gasteiger partial charge in [-0.15, -0.1) is 21.5 Å². The Morgan fingerprint density at radius 3 is 2.85 bits per heavy atom. The standard InChI is InChI=1S/C18H17Cl2N3O3S/c1-2-7-23(10-16-21-22-18(26-16)15-4-3-8-27-15)17(24)11-25-14-6-5-12(19)9-13(14)20/h3-6,8-9H,2,7,10-11H2,1H3. The first kappa shape index (κ1) is 19.7. The number of thiophene rings is 1. The van der Waals surface area contributed by atoms with Gasteiger partial charge >= 0.3 is 0 Å². The molecular weight excluding hydrogens is 409 g/mol. The van der Waals surface area contributed by atoms with Crippen molar-refractivity contribution < 1.29 is 13.9 Å². The summed E-state index contributed by atoms with van der Waals surface area (Å²) >= 11 is 13.4. The monoisotopic (exact) mass is 425 g/mol. The van der Waals surface area contributed by atoms with Gasteiger partial charge in [0.15, 0.2) is 6.61 Å². The first-order valence-corrected chi connectivity index (χ1v) is 9.92. The Morgan fingerprint density at radius 1 is 1.30 bits per heavy atom. The Morgan fingerprint density at radius 2 is 2.15 bits per heavy atom. The summed E-state index contributed by atoms with van der Waals surface area (Å²) in [7, 11) is 0. The number of ether oxygens (including phenoxy) is 1. The number of hydrogen-bond donors (Lipinski definition) is 0. The van der Waals surface area contributed by atoms with E-state index in [4.69, 9.17) is 32.4 Å². The van der Waals surface area contributed by atoms with Gasteiger partial charge in [0, 0.05) is 11.6 Å². The van der Waals surface area contributed by atoms with Gasteiger partial charge in [0.25, 0.3) is 11.8 Å². The Balaban J connectivity index is 1.63. The minimum absolute atomic E-state index is 0.146. The molecule has 0 aliphatic rings. The van der Waals surface area contributed by atoms with Gasteiger partial charge in [0.2, 0.25) is 5.89 Å². The van der Waals surface area contributed by atoms with Gasteiger partial charge in [0.1, 0.15) is 5.75 Å². The Hall–Kier alpha value is -2.09. The molecule has 2 heterocycles. The predicted molar refractivity (Wildman–Crippen MR) is 105 cm³/mol. The van der Waals surface area contributed by atoms with Crippen molar-refractivity contribution in [3.63, 3.8) is 0 Å². The van der Waals surface area contributed by atoms with Crippen molar-refractivity contribution in [2.45, 2.75) is 19.9 Å². The molecule has 9 heteroatoms. The fraction of sp³-hybridized carbons (Fsp3) is 0.278. The number of nitrogens with zero attached hydrogens (tertiary/aromatic N) is 3. The number of carbonyl (C=O) groups excluding carboxylic acids is 1. The van der Waals surface area contributed by atoms with Crippen LogP contribution in [-0.2, 0) is 11.3 Å². The van der Waals surface area contributed by atoms with E-state index in [1.54, 1.807) is 23.1 Å². The molecule has 0 saturated carbocycles. The molecule has 142 valence electrons. The molecule has 0 spiro atoms. The smallest absolute Gasteiger partial charge is 0.260 e. The van der Waals surface area contributed by atoms with Crippen molar-refractivity contribution in [2.75, 3.05) is 13.2 Å². The lowest BCUT2D eigenvalue weighted by Crippen LogP contribution is -2.35. The predicted octanol–water partition coefficient (Wildman–Crippen LogP) is 4.92. The van der Waals surface area contributed by atoms with Crippen molar-refractivity contribution in [3.8, 4) is 16.5 Å². The molecule has 3 aromatic rings. The molecule has 0 bridgehead atoms. The lowest BCUT2D eigenvalue weighted by Gasteiger charge is -2.20. The third-order valence-corrected chi connectivity index (χ3v) is 5.00. The first-order valence-electron chi connectivity index (χ1n) is 8.28. The molecule has 0 aliphatic carbocycles. The molecule has 0 fully saturated rings. The molecule has 0 unspecified atom stereocenters. The highest BCUT2D eigenvalue weighted by atomic mass is 35.5. The SMILES string of the molecule is CCCN(Cc1nnc(-c2cccs2)o1)C(=O)COc1ccc(Cl)cc1Cl. The largest absolute Gasteiger partial charge is 0.482 e. The minimum atomic E-state index is -0.196. The highest BCUT2D eigenvalue weighted by molar-refractivity contribution is 7.13. The zero-order valence-electron chi connectivity index (χ0n) is 14.5. The number of carbonyl (C=O) groups is 1. The number of benzene rings is 1. The molecule has 0 radical (unpaired) electrons. The molecular formula is C18H17Cl2N3O3S. The number of halogens is 2. The van der Waals surface area contributed by atoms with Crippen molar-refractivity contribution in [2.24, 2.45) is 0 Å². The van der Waals surface area contributed by atoms with Crippen molar-refractivity contribution in [3.05, 3.63) is 51.6 Å². The van der Waals surface area contributed by atoms with Crippen LogP contribution in [-0.4, -0.2) is 34.2 Å². The molecule has 6 nitrogen and oxygen atoms in total. The van der Waals surface area contributed by atoms with Gasteiger partial charge in [-0.25, -0.2) is 0 Å². The van der Waals surface area contributed by atoms with E-state index >= 15 is 0 Å². The lowest BCUT2D eigenvalue weighted by atomic mass is 10.3. The summed E-state index contributed by atoms with van der Waals surface area (Å²) in [5.41, 5.74) is 0. The van der Waals surface area contributed by atoms with Crippen LogP contribution in [0.1, 0.15) is 19.2 Å². The number of hydrogen-bond acceptors (Lipinski definition) is 6. The second-order valence-corrected chi connectivity index (χ2v) is 7.45. The van der Waals surface area contributed by atoms with Crippen LogP contribution < -0.4 is 4.74 Å². The van der Waals surface area contributed by atoms with E-state index in [-0.39, 0.29) is 19.1 Å². The third kappa shape index (κ3) is 5.22. The molecule has 0 N–H and O–H groups in total. The van der Waals surface area contributed by atoms with Crippen LogP contribution in [0.15, 0.2) is 40.1 Å². The number of aromatic nitrogens is 2. The van der Waals surface area contributed by atoms with Gasteiger partial charge in [-0.2, -0.15) is 0 Å². The fourth-order valence-corrected chi connectivity index (χ4v) is 3.47. The van der Waals surface area contributed by atoms with E-state index in [1.165, 1.54) is 11.3 Å². The molecule has 3 rings (SSSR count). The van der Waals surface area contributed by atoms with E-state index in [9.17, 15) is 4.79 Å². The zero-order chi connectivity index (χ0) is 19.2. The molecule has 1 aromatic carbocycles. The van der Waals surface area contributed by atoms with E-state index in [0.717, 1.165) is 11.3 Å². The maximum absolute atomic E-state index is 12.6.